The molecule has 1 aliphatic carbocycles. The van der Waals surface area contributed by atoms with E-state index in [2.05, 4.69) is 5.32 Å². The first-order chi connectivity index (χ1) is 14.5. The molecule has 0 aromatic heterocycles. The van der Waals surface area contributed by atoms with Crippen LogP contribution in [0.2, 0.25) is 10.0 Å². The molecule has 0 heterocycles. The van der Waals surface area contributed by atoms with Gasteiger partial charge in [0.1, 0.15) is 18.2 Å². The second-order valence-electron chi connectivity index (χ2n) is 7.04. The summed E-state index contributed by atoms with van der Waals surface area (Å²) in [4.78, 5) is 12.4. The number of amides is 1. The maximum Gasteiger partial charge on any atom is 0.262 e. The topological polar surface area (TPSA) is 71.3 Å². The summed E-state index contributed by atoms with van der Waals surface area (Å²) in [5, 5.41) is 13.3. The van der Waals surface area contributed by atoms with E-state index in [1.54, 1.807) is 18.2 Å². The molecule has 0 bridgehead atoms. The Balaban J connectivity index is 1.79. The molecule has 2 aromatic carbocycles. The number of nitriles is 1. The Labute approximate surface area is 186 Å². The van der Waals surface area contributed by atoms with Crippen LogP contribution < -0.4 is 14.8 Å². The molecular formula is C23H22Cl2N2O3. The summed E-state index contributed by atoms with van der Waals surface area (Å²) in [5.41, 5.74) is 1.40. The lowest BCUT2D eigenvalue weighted by Gasteiger charge is -2.14. The molecule has 1 N–H and O–H groups in total. The second-order valence-corrected chi connectivity index (χ2v) is 7.85. The van der Waals surface area contributed by atoms with E-state index in [-0.39, 0.29) is 24.1 Å². The van der Waals surface area contributed by atoms with E-state index in [1.165, 1.54) is 13.2 Å². The Morgan fingerprint density at radius 1 is 1.23 bits per heavy atom. The van der Waals surface area contributed by atoms with Crippen molar-refractivity contribution in [1.29, 1.82) is 5.26 Å². The number of carbonyl (C=O) groups excluding carboxylic acids is 1. The molecule has 0 atom stereocenters. The van der Waals surface area contributed by atoms with Crippen molar-refractivity contribution in [1.82, 2.24) is 5.32 Å². The van der Waals surface area contributed by atoms with Crippen LogP contribution in [0.3, 0.4) is 0 Å². The summed E-state index contributed by atoms with van der Waals surface area (Å²) in [7, 11) is 1.50. The van der Waals surface area contributed by atoms with Crippen molar-refractivity contribution in [2.45, 2.75) is 38.3 Å². The van der Waals surface area contributed by atoms with Gasteiger partial charge in [-0.25, -0.2) is 0 Å². The van der Waals surface area contributed by atoms with Crippen LogP contribution in [0.4, 0.5) is 0 Å². The predicted octanol–water partition coefficient (Wildman–Crippen LogP) is 5.55. The fourth-order valence-corrected chi connectivity index (χ4v) is 3.84. The fourth-order valence-electron chi connectivity index (χ4n) is 3.38. The maximum absolute atomic E-state index is 12.4. The first-order valence-corrected chi connectivity index (χ1v) is 10.4. The van der Waals surface area contributed by atoms with Crippen LogP contribution in [-0.2, 0) is 11.4 Å². The van der Waals surface area contributed by atoms with Crippen molar-refractivity contribution >= 4 is 35.2 Å². The lowest BCUT2D eigenvalue weighted by atomic mass is 10.1. The maximum atomic E-state index is 12.4. The first kappa shape index (κ1) is 22.0. The quantitative estimate of drug-likeness (QED) is 0.448. The number of carbonyl (C=O) groups is 1. The van der Waals surface area contributed by atoms with Gasteiger partial charge in [-0.2, -0.15) is 5.26 Å². The van der Waals surface area contributed by atoms with Crippen molar-refractivity contribution in [2.24, 2.45) is 0 Å². The van der Waals surface area contributed by atoms with Gasteiger partial charge in [-0.3, -0.25) is 4.79 Å². The Kier molecular flexibility index (Phi) is 7.62. The first-order valence-electron chi connectivity index (χ1n) is 9.68. The van der Waals surface area contributed by atoms with Gasteiger partial charge < -0.3 is 14.8 Å². The molecule has 30 heavy (non-hydrogen) atoms. The van der Waals surface area contributed by atoms with Crippen LogP contribution in [-0.4, -0.2) is 19.1 Å². The zero-order chi connectivity index (χ0) is 21.5. The van der Waals surface area contributed by atoms with Gasteiger partial charge in [0.25, 0.3) is 5.91 Å². The smallest absolute Gasteiger partial charge is 0.262 e. The zero-order valence-corrected chi connectivity index (χ0v) is 18.1. The summed E-state index contributed by atoms with van der Waals surface area (Å²) in [6.07, 6.45) is 5.58. The summed E-state index contributed by atoms with van der Waals surface area (Å²) in [6, 6.07) is 12.8. The van der Waals surface area contributed by atoms with E-state index in [0.717, 1.165) is 31.2 Å². The van der Waals surface area contributed by atoms with Gasteiger partial charge in [0.05, 0.1) is 12.1 Å². The molecule has 1 aliphatic rings. The van der Waals surface area contributed by atoms with Crippen LogP contribution >= 0.6 is 23.2 Å². The number of methoxy groups -OCH3 is 1. The van der Waals surface area contributed by atoms with E-state index >= 15 is 0 Å². The van der Waals surface area contributed by atoms with Gasteiger partial charge in [0.15, 0.2) is 11.5 Å². The molecule has 0 spiro atoms. The van der Waals surface area contributed by atoms with Crippen LogP contribution in [0.5, 0.6) is 11.5 Å². The van der Waals surface area contributed by atoms with Crippen LogP contribution in [0.1, 0.15) is 36.8 Å². The van der Waals surface area contributed by atoms with E-state index in [4.69, 9.17) is 32.7 Å². The van der Waals surface area contributed by atoms with E-state index < -0.39 is 0 Å². The highest BCUT2D eigenvalue weighted by Gasteiger charge is 2.20. The predicted molar refractivity (Wildman–Crippen MR) is 118 cm³/mol. The number of rotatable bonds is 7. The third kappa shape index (κ3) is 5.47. The van der Waals surface area contributed by atoms with Gasteiger partial charge in [-0.05, 0) is 42.7 Å². The number of halogens is 2. The Morgan fingerprint density at radius 3 is 2.63 bits per heavy atom. The third-order valence-corrected chi connectivity index (χ3v) is 5.60. The minimum atomic E-state index is -0.376. The second kappa shape index (κ2) is 10.4. The Hall–Kier alpha value is -2.68. The van der Waals surface area contributed by atoms with E-state index in [0.29, 0.717) is 27.1 Å². The molecule has 156 valence electrons. The van der Waals surface area contributed by atoms with Gasteiger partial charge in [0, 0.05) is 16.6 Å². The average Bonchev–Trinajstić information content (AvgIpc) is 3.24. The molecule has 1 amide bonds. The molecule has 5 nitrogen and oxygen atoms in total. The molecule has 1 fully saturated rings. The number of hydrogen-bond donors (Lipinski definition) is 1. The highest BCUT2D eigenvalue weighted by molar-refractivity contribution is 6.32. The van der Waals surface area contributed by atoms with Gasteiger partial charge in [0.2, 0.25) is 0 Å². The molecule has 0 unspecified atom stereocenters. The normalized spacial score (nSPS) is 14.3. The molecule has 0 aliphatic heterocycles. The van der Waals surface area contributed by atoms with Crippen molar-refractivity contribution in [3.63, 3.8) is 0 Å². The van der Waals surface area contributed by atoms with Crippen LogP contribution in [0, 0.1) is 11.3 Å². The summed E-state index contributed by atoms with van der Waals surface area (Å²) in [5.74, 6) is 0.387. The van der Waals surface area contributed by atoms with Crippen LogP contribution in [0.25, 0.3) is 6.08 Å². The molecule has 2 aromatic rings. The molecule has 1 saturated carbocycles. The third-order valence-electron chi connectivity index (χ3n) is 4.95. The monoisotopic (exact) mass is 444 g/mol. The van der Waals surface area contributed by atoms with E-state index in [1.807, 2.05) is 24.3 Å². The number of nitrogens with one attached hydrogen (secondary N) is 1. The molecular weight excluding hydrogens is 423 g/mol. The minimum absolute atomic E-state index is 0.0183. The van der Waals surface area contributed by atoms with Crippen molar-refractivity contribution in [3.8, 4) is 17.6 Å². The molecule has 7 heteroatoms. The lowest BCUT2D eigenvalue weighted by molar-refractivity contribution is -0.117. The number of benzene rings is 2. The summed E-state index contributed by atoms with van der Waals surface area (Å²) in [6.45, 7) is 0.220. The molecule has 0 radical (unpaired) electrons. The standard InChI is InChI=1S/C23H22Cl2N2O3/c1-29-21-12-15(10-17(13-26)23(28)27-18-7-3-4-8-18)11-20(25)22(21)30-14-16-6-2-5-9-19(16)24/h2,5-6,9-12,18H,3-4,7-8,14H2,1H3,(H,27,28)/b17-10-. The number of hydrogen-bond acceptors (Lipinski definition) is 4. The Bertz CT molecular complexity index is 992. The average molecular weight is 445 g/mol. The number of ether oxygens (including phenoxy) is 2. The molecule has 0 saturated heterocycles. The van der Waals surface area contributed by atoms with E-state index in [9.17, 15) is 10.1 Å². The fraction of sp³-hybridized carbons (Fsp3) is 0.304. The summed E-state index contributed by atoms with van der Waals surface area (Å²) < 4.78 is 11.3. The molecule has 3 rings (SSSR count). The summed E-state index contributed by atoms with van der Waals surface area (Å²) >= 11 is 12.6. The van der Waals surface area contributed by atoms with Gasteiger partial charge in [-0.15, -0.1) is 0 Å². The largest absolute Gasteiger partial charge is 0.493 e. The van der Waals surface area contributed by atoms with Crippen molar-refractivity contribution < 1.29 is 14.3 Å². The van der Waals surface area contributed by atoms with Gasteiger partial charge in [-0.1, -0.05) is 54.2 Å². The number of nitrogens with zero attached hydrogens (tertiary/aromatic N) is 1. The minimum Gasteiger partial charge on any atom is -0.493 e. The zero-order valence-electron chi connectivity index (χ0n) is 16.6. The highest BCUT2D eigenvalue weighted by atomic mass is 35.5. The SMILES string of the molecule is COc1cc(/C=C(/C#N)C(=O)NC2CCCC2)cc(Cl)c1OCc1ccccc1Cl. The van der Waals surface area contributed by atoms with Crippen molar-refractivity contribution in [3.05, 3.63) is 63.1 Å². The highest BCUT2D eigenvalue weighted by Crippen LogP contribution is 2.38. The van der Waals surface area contributed by atoms with Gasteiger partial charge >= 0.3 is 0 Å². The van der Waals surface area contributed by atoms with Crippen LogP contribution in [0.15, 0.2) is 42.0 Å². The van der Waals surface area contributed by atoms with Crippen molar-refractivity contribution in [2.75, 3.05) is 7.11 Å². The Morgan fingerprint density at radius 2 is 1.97 bits per heavy atom. The lowest BCUT2D eigenvalue weighted by Crippen LogP contribution is -2.33.